The van der Waals surface area contributed by atoms with Crippen LogP contribution in [0.3, 0.4) is 0 Å². The molecule has 1 amide bonds. The molecule has 1 aliphatic rings. The first kappa shape index (κ1) is 17.3. The lowest BCUT2D eigenvalue weighted by Gasteiger charge is -2.29. The summed E-state index contributed by atoms with van der Waals surface area (Å²) in [6, 6.07) is 4.86. The third kappa shape index (κ3) is 3.83. The van der Waals surface area contributed by atoms with Crippen molar-refractivity contribution in [1.29, 1.82) is 0 Å². The van der Waals surface area contributed by atoms with Crippen LogP contribution in [0.2, 0.25) is 0 Å². The third-order valence-corrected chi connectivity index (χ3v) is 4.26. The van der Waals surface area contributed by atoms with Crippen LogP contribution in [0.15, 0.2) is 24.3 Å². The SMILES string of the molecule is O=C(O)CCNC(=O)C1(c2cccc(C(F)(F)F)c2)CCCC1. The lowest BCUT2D eigenvalue weighted by atomic mass is 9.77. The van der Waals surface area contributed by atoms with Crippen molar-refractivity contribution >= 4 is 11.9 Å². The predicted molar refractivity (Wildman–Crippen MR) is 76.9 cm³/mol. The van der Waals surface area contributed by atoms with Gasteiger partial charge in [0.05, 0.1) is 17.4 Å². The van der Waals surface area contributed by atoms with Crippen molar-refractivity contribution in [2.75, 3.05) is 6.54 Å². The lowest BCUT2D eigenvalue weighted by molar-refractivity contribution is -0.138. The van der Waals surface area contributed by atoms with Crippen LogP contribution in [0.5, 0.6) is 0 Å². The number of amides is 1. The minimum Gasteiger partial charge on any atom is -0.481 e. The summed E-state index contributed by atoms with van der Waals surface area (Å²) in [6.07, 6.45) is -2.24. The number of aliphatic carboxylic acids is 1. The Balaban J connectivity index is 2.27. The molecule has 126 valence electrons. The summed E-state index contributed by atoms with van der Waals surface area (Å²) in [4.78, 5) is 23.1. The molecule has 0 aromatic heterocycles. The summed E-state index contributed by atoms with van der Waals surface area (Å²) in [7, 11) is 0. The molecular formula is C16H18F3NO3. The van der Waals surface area contributed by atoms with Gasteiger partial charge < -0.3 is 10.4 Å². The molecular weight excluding hydrogens is 311 g/mol. The largest absolute Gasteiger partial charge is 0.481 e. The van der Waals surface area contributed by atoms with Crippen molar-refractivity contribution in [1.82, 2.24) is 5.32 Å². The van der Waals surface area contributed by atoms with Gasteiger partial charge in [-0.3, -0.25) is 9.59 Å². The zero-order valence-corrected chi connectivity index (χ0v) is 12.4. The van der Waals surface area contributed by atoms with Gasteiger partial charge in [-0.05, 0) is 24.5 Å². The Morgan fingerprint density at radius 1 is 1.22 bits per heavy atom. The van der Waals surface area contributed by atoms with Crippen LogP contribution >= 0.6 is 0 Å². The van der Waals surface area contributed by atoms with Crippen molar-refractivity contribution < 1.29 is 27.9 Å². The molecule has 0 radical (unpaired) electrons. The van der Waals surface area contributed by atoms with E-state index in [9.17, 15) is 22.8 Å². The Labute approximate surface area is 131 Å². The molecule has 0 spiro atoms. The first-order valence-electron chi connectivity index (χ1n) is 7.43. The number of rotatable bonds is 5. The number of halogens is 3. The van der Waals surface area contributed by atoms with Gasteiger partial charge in [0, 0.05) is 6.54 Å². The van der Waals surface area contributed by atoms with Gasteiger partial charge >= 0.3 is 12.1 Å². The van der Waals surface area contributed by atoms with Crippen LogP contribution < -0.4 is 5.32 Å². The number of carbonyl (C=O) groups excluding carboxylic acids is 1. The second-order valence-corrected chi connectivity index (χ2v) is 5.77. The first-order chi connectivity index (χ1) is 10.8. The molecule has 1 aromatic carbocycles. The Bertz CT molecular complexity index is 592. The van der Waals surface area contributed by atoms with Crippen LogP contribution in [0.1, 0.15) is 43.2 Å². The van der Waals surface area contributed by atoms with E-state index < -0.39 is 29.0 Å². The summed E-state index contributed by atoms with van der Waals surface area (Å²) in [5, 5.41) is 11.2. The number of carbonyl (C=O) groups is 2. The van der Waals surface area contributed by atoms with Gasteiger partial charge in [-0.1, -0.05) is 31.0 Å². The molecule has 0 saturated heterocycles. The standard InChI is InChI=1S/C16H18F3NO3/c17-16(18,19)12-5-3-4-11(10-12)15(7-1-2-8-15)14(23)20-9-6-13(21)22/h3-5,10H,1-2,6-9H2,(H,20,23)(H,21,22). The minimum atomic E-state index is -4.46. The average molecular weight is 329 g/mol. The second kappa shape index (κ2) is 6.60. The van der Waals surface area contributed by atoms with Crippen LogP contribution in [0, 0.1) is 0 Å². The third-order valence-electron chi connectivity index (χ3n) is 4.26. The number of nitrogens with one attached hydrogen (secondary N) is 1. The van der Waals surface area contributed by atoms with E-state index in [0.717, 1.165) is 25.0 Å². The van der Waals surface area contributed by atoms with Crippen molar-refractivity contribution in [3.8, 4) is 0 Å². The molecule has 2 N–H and O–H groups in total. The quantitative estimate of drug-likeness (QED) is 0.872. The highest BCUT2D eigenvalue weighted by Gasteiger charge is 2.43. The maximum atomic E-state index is 12.9. The monoisotopic (exact) mass is 329 g/mol. The number of alkyl halides is 3. The van der Waals surface area contributed by atoms with Gasteiger partial charge in [0.25, 0.3) is 0 Å². The van der Waals surface area contributed by atoms with Crippen LogP contribution in [0.25, 0.3) is 0 Å². The van der Waals surface area contributed by atoms with E-state index in [0.29, 0.717) is 18.4 Å². The van der Waals surface area contributed by atoms with Gasteiger partial charge in [0.1, 0.15) is 0 Å². The zero-order valence-electron chi connectivity index (χ0n) is 12.4. The van der Waals surface area contributed by atoms with Crippen molar-refractivity contribution in [3.05, 3.63) is 35.4 Å². The Morgan fingerprint density at radius 3 is 2.43 bits per heavy atom. The molecule has 0 atom stereocenters. The number of carboxylic acids is 1. The van der Waals surface area contributed by atoms with Crippen LogP contribution in [-0.4, -0.2) is 23.5 Å². The molecule has 0 unspecified atom stereocenters. The summed E-state index contributed by atoms with van der Waals surface area (Å²) in [5.74, 6) is -1.43. The second-order valence-electron chi connectivity index (χ2n) is 5.77. The smallest absolute Gasteiger partial charge is 0.416 e. The fourth-order valence-electron chi connectivity index (χ4n) is 3.07. The fraction of sp³-hybridized carbons (Fsp3) is 0.500. The van der Waals surface area contributed by atoms with Gasteiger partial charge in [-0.25, -0.2) is 0 Å². The van der Waals surface area contributed by atoms with Gasteiger partial charge in [-0.15, -0.1) is 0 Å². The molecule has 7 heteroatoms. The van der Waals surface area contributed by atoms with Crippen molar-refractivity contribution in [2.45, 2.75) is 43.7 Å². The number of hydrogen-bond donors (Lipinski definition) is 2. The zero-order chi connectivity index (χ0) is 17.1. The van der Waals surface area contributed by atoms with E-state index in [1.165, 1.54) is 12.1 Å². The maximum absolute atomic E-state index is 12.9. The van der Waals surface area contributed by atoms with Crippen molar-refractivity contribution in [3.63, 3.8) is 0 Å². The molecule has 1 saturated carbocycles. The van der Waals surface area contributed by atoms with E-state index in [1.54, 1.807) is 0 Å². The number of hydrogen-bond acceptors (Lipinski definition) is 2. The fourth-order valence-corrected chi connectivity index (χ4v) is 3.07. The Hall–Kier alpha value is -2.05. The molecule has 4 nitrogen and oxygen atoms in total. The molecule has 2 rings (SSSR count). The van der Waals surface area contributed by atoms with Gasteiger partial charge in [-0.2, -0.15) is 13.2 Å². The minimum absolute atomic E-state index is 0.0329. The lowest BCUT2D eigenvalue weighted by Crippen LogP contribution is -2.43. The Morgan fingerprint density at radius 2 is 1.87 bits per heavy atom. The molecule has 1 aromatic rings. The van der Waals surface area contributed by atoms with Crippen molar-refractivity contribution in [2.24, 2.45) is 0 Å². The van der Waals surface area contributed by atoms with E-state index in [1.807, 2.05) is 0 Å². The maximum Gasteiger partial charge on any atom is 0.416 e. The number of carboxylic acid groups (broad SMARTS) is 1. The molecule has 1 aliphatic carbocycles. The van der Waals surface area contributed by atoms with E-state index in [4.69, 9.17) is 5.11 Å². The topological polar surface area (TPSA) is 66.4 Å². The molecule has 23 heavy (non-hydrogen) atoms. The summed E-state index contributed by atoms with van der Waals surface area (Å²) < 4.78 is 38.7. The number of benzene rings is 1. The van der Waals surface area contributed by atoms with E-state index in [2.05, 4.69) is 5.32 Å². The molecule has 0 bridgehead atoms. The van der Waals surface area contributed by atoms with Crippen LogP contribution in [-0.2, 0) is 21.2 Å². The summed E-state index contributed by atoms with van der Waals surface area (Å²) >= 11 is 0. The van der Waals surface area contributed by atoms with E-state index in [-0.39, 0.29) is 13.0 Å². The summed E-state index contributed by atoms with van der Waals surface area (Å²) in [5.41, 5.74) is -1.43. The molecule has 0 aliphatic heterocycles. The predicted octanol–water partition coefficient (Wildman–Crippen LogP) is 3.11. The van der Waals surface area contributed by atoms with Gasteiger partial charge in [0.2, 0.25) is 5.91 Å². The van der Waals surface area contributed by atoms with Gasteiger partial charge in [0.15, 0.2) is 0 Å². The first-order valence-corrected chi connectivity index (χ1v) is 7.43. The normalized spacial score (nSPS) is 17.0. The van der Waals surface area contributed by atoms with Crippen LogP contribution in [0.4, 0.5) is 13.2 Å². The summed E-state index contributed by atoms with van der Waals surface area (Å²) in [6.45, 7) is -0.0329. The highest BCUT2D eigenvalue weighted by atomic mass is 19.4. The average Bonchev–Trinajstić information content (AvgIpc) is 2.97. The molecule has 1 fully saturated rings. The van der Waals surface area contributed by atoms with E-state index >= 15 is 0 Å². The highest BCUT2D eigenvalue weighted by molar-refractivity contribution is 5.89. The highest BCUT2D eigenvalue weighted by Crippen LogP contribution is 2.43. The molecule has 0 heterocycles. The Kier molecular flexibility index (Phi) is 4.97.